The second kappa shape index (κ2) is 3.52. The van der Waals surface area contributed by atoms with Gasteiger partial charge in [-0.3, -0.25) is 0 Å². The predicted molar refractivity (Wildman–Crippen MR) is 58.7 cm³/mol. The highest BCUT2D eigenvalue weighted by Gasteiger charge is 2.55. The Morgan fingerprint density at radius 1 is 1.67 bits per heavy atom. The molecule has 0 heterocycles. The lowest BCUT2D eigenvalue weighted by molar-refractivity contribution is 0.269. The minimum Gasteiger partial charge on any atom is -0.396 e. The van der Waals surface area contributed by atoms with Crippen molar-refractivity contribution in [3.05, 3.63) is 34.3 Å². The molecule has 1 N–H and O–H groups in total. The van der Waals surface area contributed by atoms with E-state index in [-0.39, 0.29) is 12.5 Å². The summed E-state index contributed by atoms with van der Waals surface area (Å²) in [6.07, 6.45) is 0.751. The molecular formula is C12H12ClNO. The highest BCUT2D eigenvalue weighted by Crippen LogP contribution is 2.53. The van der Waals surface area contributed by atoms with Gasteiger partial charge < -0.3 is 5.11 Å². The number of aliphatic hydroxyl groups is 1. The Hall–Kier alpha value is -1.04. The van der Waals surface area contributed by atoms with Gasteiger partial charge in [-0.05, 0) is 30.5 Å². The first kappa shape index (κ1) is 10.5. The lowest BCUT2D eigenvalue weighted by atomic mass is 9.94. The molecular weight excluding hydrogens is 210 g/mol. The van der Waals surface area contributed by atoms with Crippen molar-refractivity contribution in [3.8, 4) is 6.07 Å². The van der Waals surface area contributed by atoms with Gasteiger partial charge in [0.05, 0.1) is 11.5 Å². The molecule has 0 amide bonds. The van der Waals surface area contributed by atoms with E-state index in [0.717, 1.165) is 17.5 Å². The summed E-state index contributed by atoms with van der Waals surface area (Å²) in [6.45, 7) is 2.00. The molecule has 1 aliphatic carbocycles. The van der Waals surface area contributed by atoms with Crippen molar-refractivity contribution in [2.45, 2.75) is 18.8 Å². The molecule has 0 aromatic heterocycles. The lowest BCUT2D eigenvalue weighted by Crippen LogP contribution is -2.09. The highest BCUT2D eigenvalue weighted by atomic mass is 35.5. The molecule has 0 spiro atoms. The molecule has 0 radical (unpaired) electrons. The summed E-state index contributed by atoms with van der Waals surface area (Å²) in [5.41, 5.74) is 1.49. The van der Waals surface area contributed by atoms with Crippen LogP contribution in [0, 0.1) is 24.2 Å². The van der Waals surface area contributed by atoms with Crippen molar-refractivity contribution in [2.24, 2.45) is 5.92 Å². The topological polar surface area (TPSA) is 44.0 Å². The number of hydrogen-bond donors (Lipinski definition) is 1. The normalized spacial score (nSPS) is 28.5. The first-order valence-corrected chi connectivity index (χ1v) is 5.30. The zero-order chi connectivity index (χ0) is 11.1. The van der Waals surface area contributed by atoms with Crippen LogP contribution in [0.3, 0.4) is 0 Å². The fraction of sp³-hybridized carbons (Fsp3) is 0.417. The van der Waals surface area contributed by atoms with Crippen LogP contribution in [-0.4, -0.2) is 11.7 Å². The maximum atomic E-state index is 9.18. The standard InChI is InChI=1S/C12H12ClNO/c1-8-4-9(2-3-11(8)13)12(7-14)5-10(12)6-15/h2-4,10,15H,5-6H2,1H3/t10-,12+/m0/s1. The molecule has 1 aliphatic rings. The molecule has 15 heavy (non-hydrogen) atoms. The van der Waals surface area contributed by atoms with Crippen molar-refractivity contribution in [1.29, 1.82) is 5.26 Å². The van der Waals surface area contributed by atoms with Gasteiger partial charge in [-0.2, -0.15) is 5.26 Å². The van der Waals surface area contributed by atoms with E-state index < -0.39 is 5.41 Å². The third kappa shape index (κ3) is 1.52. The average Bonchev–Trinajstić information content (AvgIpc) is 2.97. The highest BCUT2D eigenvalue weighted by molar-refractivity contribution is 6.31. The third-order valence-electron chi connectivity index (χ3n) is 3.20. The van der Waals surface area contributed by atoms with Crippen LogP contribution < -0.4 is 0 Å². The van der Waals surface area contributed by atoms with E-state index in [2.05, 4.69) is 6.07 Å². The lowest BCUT2D eigenvalue weighted by Gasteiger charge is -2.09. The Balaban J connectivity index is 2.39. The van der Waals surface area contributed by atoms with Gasteiger partial charge in [0.1, 0.15) is 0 Å². The molecule has 2 atom stereocenters. The van der Waals surface area contributed by atoms with E-state index in [1.54, 1.807) is 0 Å². The fourth-order valence-corrected chi connectivity index (χ4v) is 2.14. The van der Waals surface area contributed by atoms with Crippen molar-refractivity contribution in [1.82, 2.24) is 0 Å². The van der Waals surface area contributed by atoms with Crippen LogP contribution in [-0.2, 0) is 5.41 Å². The van der Waals surface area contributed by atoms with E-state index in [9.17, 15) is 5.26 Å². The van der Waals surface area contributed by atoms with Crippen LogP contribution in [0.5, 0.6) is 0 Å². The van der Waals surface area contributed by atoms with Crippen molar-refractivity contribution < 1.29 is 5.11 Å². The van der Waals surface area contributed by atoms with E-state index in [0.29, 0.717) is 5.02 Å². The molecule has 0 unspecified atom stereocenters. The number of benzene rings is 1. The van der Waals surface area contributed by atoms with Gasteiger partial charge in [-0.1, -0.05) is 23.7 Å². The Morgan fingerprint density at radius 3 is 2.87 bits per heavy atom. The van der Waals surface area contributed by atoms with Crippen LogP contribution in [0.1, 0.15) is 17.5 Å². The molecule has 3 heteroatoms. The molecule has 1 saturated carbocycles. The van der Waals surface area contributed by atoms with E-state index in [4.69, 9.17) is 16.7 Å². The Bertz CT molecular complexity index is 438. The zero-order valence-corrected chi connectivity index (χ0v) is 9.25. The van der Waals surface area contributed by atoms with E-state index >= 15 is 0 Å². The summed E-state index contributed by atoms with van der Waals surface area (Å²) in [6, 6.07) is 7.96. The number of nitriles is 1. The number of rotatable bonds is 2. The molecule has 0 saturated heterocycles. The van der Waals surface area contributed by atoms with Crippen molar-refractivity contribution in [3.63, 3.8) is 0 Å². The first-order chi connectivity index (χ1) is 7.14. The van der Waals surface area contributed by atoms with Crippen molar-refractivity contribution in [2.75, 3.05) is 6.61 Å². The SMILES string of the molecule is Cc1cc([C@]2(C#N)C[C@H]2CO)ccc1Cl. The quantitative estimate of drug-likeness (QED) is 0.834. The van der Waals surface area contributed by atoms with Gasteiger partial charge in [0.25, 0.3) is 0 Å². The van der Waals surface area contributed by atoms with E-state index in [1.165, 1.54) is 0 Å². The summed E-state index contributed by atoms with van der Waals surface area (Å²) < 4.78 is 0. The van der Waals surface area contributed by atoms with Gasteiger partial charge in [-0.25, -0.2) is 0 Å². The monoisotopic (exact) mass is 221 g/mol. The molecule has 1 fully saturated rings. The zero-order valence-electron chi connectivity index (χ0n) is 8.50. The van der Waals surface area contributed by atoms with Gasteiger partial charge in [0.2, 0.25) is 0 Å². The minimum absolute atomic E-state index is 0.0786. The van der Waals surface area contributed by atoms with Crippen LogP contribution >= 0.6 is 11.6 Å². The summed E-state index contributed by atoms with van der Waals surface area (Å²) in [5.74, 6) is 0.0862. The molecule has 0 aliphatic heterocycles. The van der Waals surface area contributed by atoms with Gasteiger partial charge in [-0.15, -0.1) is 0 Å². The van der Waals surface area contributed by atoms with E-state index in [1.807, 2.05) is 25.1 Å². The number of aliphatic hydroxyl groups excluding tert-OH is 1. The van der Waals surface area contributed by atoms with Crippen molar-refractivity contribution >= 4 is 11.6 Å². The van der Waals surface area contributed by atoms with Crippen LogP contribution in [0.15, 0.2) is 18.2 Å². The van der Waals surface area contributed by atoms with Crippen LogP contribution in [0.4, 0.5) is 0 Å². The molecule has 78 valence electrons. The van der Waals surface area contributed by atoms with Gasteiger partial charge in [0.15, 0.2) is 0 Å². The third-order valence-corrected chi connectivity index (χ3v) is 3.62. The average molecular weight is 222 g/mol. The number of halogens is 1. The largest absolute Gasteiger partial charge is 0.396 e. The minimum atomic E-state index is -0.468. The molecule has 2 nitrogen and oxygen atoms in total. The Morgan fingerprint density at radius 2 is 2.40 bits per heavy atom. The molecule has 1 aromatic rings. The van der Waals surface area contributed by atoms with Crippen LogP contribution in [0.2, 0.25) is 5.02 Å². The molecule has 2 rings (SSSR count). The van der Waals surface area contributed by atoms with Gasteiger partial charge >= 0.3 is 0 Å². The predicted octanol–water partition coefficient (Wildman–Crippen LogP) is 2.42. The summed E-state index contributed by atoms with van der Waals surface area (Å²) in [7, 11) is 0. The summed E-state index contributed by atoms with van der Waals surface area (Å²) in [4.78, 5) is 0. The fourth-order valence-electron chi connectivity index (χ4n) is 2.03. The maximum Gasteiger partial charge on any atom is 0.0877 e. The smallest absolute Gasteiger partial charge is 0.0877 e. The summed E-state index contributed by atoms with van der Waals surface area (Å²) in [5, 5.41) is 19.0. The first-order valence-electron chi connectivity index (χ1n) is 4.93. The number of hydrogen-bond acceptors (Lipinski definition) is 2. The maximum absolute atomic E-state index is 9.18. The number of aryl methyl sites for hydroxylation is 1. The molecule has 0 bridgehead atoms. The number of nitrogens with zero attached hydrogens (tertiary/aromatic N) is 1. The Labute approximate surface area is 94.1 Å². The Kier molecular flexibility index (Phi) is 2.46. The second-order valence-corrected chi connectivity index (χ2v) is 4.54. The van der Waals surface area contributed by atoms with Gasteiger partial charge in [0, 0.05) is 17.5 Å². The second-order valence-electron chi connectivity index (χ2n) is 4.13. The van der Waals surface area contributed by atoms with Crippen LogP contribution in [0.25, 0.3) is 0 Å². The molecule has 1 aromatic carbocycles. The summed E-state index contributed by atoms with van der Waals surface area (Å²) >= 11 is 5.93.